The molecule has 118 valence electrons. The molecule has 10 heteroatoms. The Morgan fingerprint density at radius 1 is 1.43 bits per heavy atom. The second-order valence-corrected chi connectivity index (χ2v) is 6.25. The van der Waals surface area contributed by atoms with Gasteiger partial charge in [0.25, 0.3) is 0 Å². The molecule has 0 aromatic carbocycles. The van der Waals surface area contributed by atoms with Crippen LogP contribution in [0.1, 0.15) is 6.42 Å². The first-order chi connectivity index (χ1) is 9.63. The molecule has 1 N–H and O–H groups in total. The molecule has 0 fully saturated rings. The van der Waals surface area contributed by atoms with E-state index >= 15 is 0 Å². The highest BCUT2D eigenvalue weighted by Gasteiger charge is 2.30. The minimum Gasteiger partial charge on any atom is -0.480 e. The monoisotopic (exact) mass is 326 g/mol. The molecular weight excluding hydrogens is 313 g/mol. The van der Waals surface area contributed by atoms with E-state index in [9.17, 15) is 26.4 Å². The quantitative estimate of drug-likeness (QED) is 0.854. The molecule has 21 heavy (non-hydrogen) atoms. The summed E-state index contributed by atoms with van der Waals surface area (Å²) in [6, 6.07) is 2.91. The van der Waals surface area contributed by atoms with Gasteiger partial charge in [0.1, 0.15) is 11.4 Å². The van der Waals surface area contributed by atoms with Crippen molar-refractivity contribution < 1.29 is 31.1 Å². The fraction of sp³-hybridized carbons (Fsp3) is 0.455. The van der Waals surface area contributed by atoms with E-state index in [1.54, 1.807) is 0 Å². The molecular formula is C11H13F3N2O4S. The maximum absolute atomic E-state index is 12.0. The van der Waals surface area contributed by atoms with Crippen LogP contribution in [0.15, 0.2) is 18.3 Å². The molecule has 0 saturated heterocycles. The summed E-state index contributed by atoms with van der Waals surface area (Å²) in [6.45, 7) is 0. The average molecular weight is 326 g/mol. The highest BCUT2D eigenvalue weighted by atomic mass is 32.2. The van der Waals surface area contributed by atoms with Crippen LogP contribution in [0.5, 0.6) is 5.88 Å². The van der Waals surface area contributed by atoms with Gasteiger partial charge in [0.2, 0.25) is 11.8 Å². The van der Waals surface area contributed by atoms with E-state index in [4.69, 9.17) is 4.74 Å². The van der Waals surface area contributed by atoms with Gasteiger partial charge in [0.05, 0.1) is 19.3 Å². The number of rotatable bonds is 6. The second-order valence-electron chi connectivity index (χ2n) is 4.07. The molecule has 0 aliphatic heterocycles. The number of hydrogen-bond donors (Lipinski definition) is 1. The summed E-state index contributed by atoms with van der Waals surface area (Å²) in [5, 5.41) is 2.23. The van der Waals surface area contributed by atoms with Crippen LogP contribution >= 0.6 is 0 Å². The number of carbonyl (C=O) groups excluding carboxylic acids is 1. The van der Waals surface area contributed by atoms with Crippen molar-refractivity contribution in [2.45, 2.75) is 12.6 Å². The molecule has 1 rings (SSSR count). The number of halogens is 3. The third-order valence-electron chi connectivity index (χ3n) is 2.29. The normalized spacial score (nSPS) is 12.0. The van der Waals surface area contributed by atoms with Crippen LogP contribution in [0, 0.1) is 0 Å². The topological polar surface area (TPSA) is 85.4 Å². The van der Waals surface area contributed by atoms with Crippen LogP contribution < -0.4 is 10.1 Å². The number of anilines is 1. The Morgan fingerprint density at radius 3 is 2.67 bits per heavy atom. The molecule has 1 amide bonds. The Bertz CT molecular complexity index is 602. The van der Waals surface area contributed by atoms with Crippen LogP contribution in [-0.2, 0) is 14.6 Å². The van der Waals surface area contributed by atoms with Gasteiger partial charge in [-0.15, -0.1) is 0 Å². The van der Waals surface area contributed by atoms with E-state index < -0.39 is 39.8 Å². The van der Waals surface area contributed by atoms with Gasteiger partial charge < -0.3 is 10.1 Å². The summed E-state index contributed by atoms with van der Waals surface area (Å²) < 4.78 is 63.6. The van der Waals surface area contributed by atoms with E-state index in [-0.39, 0.29) is 11.6 Å². The molecule has 1 aromatic rings. The first-order valence-electron chi connectivity index (χ1n) is 5.69. The van der Waals surface area contributed by atoms with Crippen molar-refractivity contribution in [3.63, 3.8) is 0 Å². The molecule has 0 radical (unpaired) electrons. The first-order valence-corrected chi connectivity index (χ1v) is 7.51. The molecule has 0 atom stereocenters. The van der Waals surface area contributed by atoms with Crippen molar-refractivity contribution in [1.82, 2.24) is 4.98 Å². The summed E-state index contributed by atoms with van der Waals surface area (Å²) in [4.78, 5) is 15.3. The molecule has 0 aliphatic rings. The number of alkyl halides is 3. The molecule has 0 unspecified atom stereocenters. The summed E-state index contributed by atoms with van der Waals surface area (Å²) in [5.41, 5.74) is 0.135. The predicted octanol–water partition coefficient (Wildman–Crippen LogP) is 1.40. The largest absolute Gasteiger partial charge is 0.480 e. The SMILES string of the molecule is COc1ncccc1NC(=O)CS(=O)(=O)CCC(F)(F)F. The summed E-state index contributed by atoms with van der Waals surface area (Å²) in [5.74, 6) is -3.06. The zero-order valence-electron chi connectivity index (χ0n) is 11.0. The van der Waals surface area contributed by atoms with Crippen LogP contribution in [0.2, 0.25) is 0 Å². The third-order valence-corrected chi connectivity index (χ3v) is 3.81. The zero-order chi connectivity index (χ0) is 16.1. The number of amides is 1. The number of methoxy groups -OCH3 is 1. The fourth-order valence-electron chi connectivity index (χ4n) is 1.38. The van der Waals surface area contributed by atoms with Gasteiger partial charge in [-0.1, -0.05) is 0 Å². The van der Waals surface area contributed by atoms with Crippen molar-refractivity contribution in [3.8, 4) is 5.88 Å². The van der Waals surface area contributed by atoms with Gasteiger partial charge in [0.15, 0.2) is 9.84 Å². The van der Waals surface area contributed by atoms with E-state index in [0.29, 0.717) is 0 Å². The van der Waals surface area contributed by atoms with Crippen molar-refractivity contribution in [2.75, 3.05) is 23.9 Å². The lowest BCUT2D eigenvalue weighted by molar-refractivity contribution is -0.130. The van der Waals surface area contributed by atoms with E-state index in [1.807, 2.05) is 0 Å². The number of nitrogens with one attached hydrogen (secondary N) is 1. The van der Waals surface area contributed by atoms with Gasteiger partial charge in [-0.3, -0.25) is 4.79 Å². The zero-order valence-corrected chi connectivity index (χ0v) is 11.8. The fourth-order valence-corrected chi connectivity index (χ4v) is 2.54. The third kappa shape index (κ3) is 6.43. The van der Waals surface area contributed by atoms with E-state index in [0.717, 1.165) is 0 Å². The van der Waals surface area contributed by atoms with Crippen molar-refractivity contribution in [1.29, 1.82) is 0 Å². The van der Waals surface area contributed by atoms with Crippen molar-refractivity contribution in [2.24, 2.45) is 0 Å². The number of carbonyl (C=O) groups is 1. The number of ether oxygens (including phenoxy) is 1. The van der Waals surface area contributed by atoms with Crippen LogP contribution in [-0.4, -0.2) is 44.1 Å². The second kappa shape index (κ2) is 6.74. The maximum atomic E-state index is 12.0. The van der Waals surface area contributed by atoms with E-state index in [2.05, 4.69) is 10.3 Å². The lowest BCUT2D eigenvalue weighted by Crippen LogP contribution is -2.27. The molecule has 0 spiro atoms. The number of nitrogens with zero attached hydrogens (tertiary/aromatic N) is 1. The highest BCUT2D eigenvalue weighted by Crippen LogP contribution is 2.21. The smallest absolute Gasteiger partial charge is 0.390 e. The lowest BCUT2D eigenvalue weighted by Gasteiger charge is -2.10. The van der Waals surface area contributed by atoms with Gasteiger partial charge in [-0.05, 0) is 12.1 Å². The molecule has 1 heterocycles. The minimum atomic E-state index is -4.59. The van der Waals surface area contributed by atoms with Gasteiger partial charge in [-0.25, -0.2) is 13.4 Å². The predicted molar refractivity (Wildman–Crippen MR) is 68.7 cm³/mol. The molecule has 0 saturated carbocycles. The van der Waals surface area contributed by atoms with Crippen molar-refractivity contribution in [3.05, 3.63) is 18.3 Å². The summed E-state index contributed by atoms with van der Waals surface area (Å²) in [6.07, 6.45) is -4.68. The number of pyridine rings is 1. The Balaban J connectivity index is 2.65. The molecule has 6 nitrogen and oxygen atoms in total. The van der Waals surface area contributed by atoms with Crippen LogP contribution in [0.25, 0.3) is 0 Å². The summed E-state index contributed by atoms with van der Waals surface area (Å²) >= 11 is 0. The lowest BCUT2D eigenvalue weighted by atomic mass is 10.4. The Labute approximate surface area is 119 Å². The van der Waals surface area contributed by atoms with Crippen LogP contribution in [0.3, 0.4) is 0 Å². The summed E-state index contributed by atoms with van der Waals surface area (Å²) in [7, 11) is -2.84. The Kier molecular flexibility index (Phi) is 5.53. The standard InChI is InChI=1S/C11H13F3N2O4S/c1-20-10-8(3-2-5-15-10)16-9(17)7-21(18,19)6-4-11(12,13)14/h2-3,5H,4,6-7H2,1H3,(H,16,17). The first kappa shape index (κ1) is 17.2. The number of hydrogen-bond acceptors (Lipinski definition) is 5. The number of sulfone groups is 1. The van der Waals surface area contributed by atoms with Gasteiger partial charge >= 0.3 is 6.18 Å². The number of aromatic nitrogens is 1. The highest BCUT2D eigenvalue weighted by molar-refractivity contribution is 7.92. The average Bonchev–Trinajstić information content (AvgIpc) is 2.36. The Morgan fingerprint density at radius 2 is 2.10 bits per heavy atom. The van der Waals surface area contributed by atoms with Gasteiger partial charge in [-0.2, -0.15) is 13.2 Å². The van der Waals surface area contributed by atoms with E-state index in [1.165, 1.54) is 25.4 Å². The van der Waals surface area contributed by atoms with Crippen molar-refractivity contribution >= 4 is 21.4 Å². The van der Waals surface area contributed by atoms with Gasteiger partial charge in [0, 0.05) is 6.20 Å². The Hall–Kier alpha value is -1.84. The molecule has 0 aliphatic carbocycles. The minimum absolute atomic E-state index is 0.0681. The molecule has 0 bridgehead atoms. The van der Waals surface area contributed by atoms with Crippen LogP contribution in [0.4, 0.5) is 18.9 Å². The molecule has 1 aromatic heterocycles. The maximum Gasteiger partial charge on any atom is 0.390 e.